The number of carbonyl (C=O) groups excluding carboxylic acids is 1. The van der Waals surface area contributed by atoms with Crippen molar-refractivity contribution in [1.29, 1.82) is 0 Å². The standard InChI is InChI=1S/C6H6N4O/c7-5(11)4-3-9-6-8-1-2-10(4)6/h1,3H,2H2,(H2,7,11). The van der Waals surface area contributed by atoms with E-state index in [0.29, 0.717) is 18.2 Å². The van der Waals surface area contributed by atoms with E-state index in [0.717, 1.165) is 0 Å². The molecule has 1 aromatic heterocycles. The molecule has 1 aliphatic rings. The third-order valence-electron chi connectivity index (χ3n) is 1.56. The number of imidazole rings is 1. The summed E-state index contributed by atoms with van der Waals surface area (Å²) < 4.78 is 1.67. The molecule has 0 saturated heterocycles. The fraction of sp³-hybridized carbons (Fsp3) is 0.167. The van der Waals surface area contributed by atoms with Gasteiger partial charge in [0.15, 0.2) is 0 Å². The highest BCUT2D eigenvalue weighted by molar-refractivity contribution is 5.92. The molecule has 11 heavy (non-hydrogen) atoms. The van der Waals surface area contributed by atoms with Gasteiger partial charge in [0.25, 0.3) is 5.91 Å². The number of nitrogens with two attached hydrogens (primary N) is 1. The van der Waals surface area contributed by atoms with Gasteiger partial charge in [-0.1, -0.05) is 0 Å². The summed E-state index contributed by atoms with van der Waals surface area (Å²) in [5, 5.41) is 0. The van der Waals surface area contributed by atoms with Crippen molar-refractivity contribution in [2.45, 2.75) is 6.54 Å². The van der Waals surface area contributed by atoms with Gasteiger partial charge in [-0.25, -0.2) is 9.98 Å². The maximum absolute atomic E-state index is 10.7. The lowest BCUT2D eigenvalue weighted by Crippen LogP contribution is -2.15. The third-order valence-corrected chi connectivity index (χ3v) is 1.56. The zero-order chi connectivity index (χ0) is 7.84. The molecule has 1 aromatic rings. The summed E-state index contributed by atoms with van der Waals surface area (Å²) in [7, 11) is 0. The van der Waals surface area contributed by atoms with Crippen molar-refractivity contribution in [1.82, 2.24) is 9.55 Å². The first-order valence-corrected chi connectivity index (χ1v) is 3.17. The van der Waals surface area contributed by atoms with Crippen LogP contribution in [0.15, 0.2) is 11.2 Å². The van der Waals surface area contributed by atoms with Gasteiger partial charge in [-0.05, 0) is 0 Å². The molecule has 0 radical (unpaired) electrons. The molecule has 0 atom stereocenters. The van der Waals surface area contributed by atoms with Crippen LogP contribution < -0.4 is 5.73 Å². The van der Waals surface area contributed by atoms with E-state index in [1.165, 1.54) is 6.20 Å². The molecule has 1 aliphatic heterocycles. The summed E-state index contributed by atoms with van der Waals surface area (Å²) in [4.78, 5) is 18.5. The smallest absolute Gasteiger partial charge is 0.267 e. The monoisotopic (exact) mass is 150 g/mol. The first kappa shape index (κ1) is 6.09. The first-order valence-electron chi connectivity index (χ1n) is 3.17. The minimum absolute atomic E-state index is 0.414. The van der Waals surface area contributed by atoms with Gasteiger partial charge in [-0.15, -0.1) is 0 Å². The molecule has 2 rings (SSSR count). The van der Waals surface area contributed by atoms with E-state index in [4.69, 9.17) is 5.73 Å². The average Bonchev–Trinajstić information content (AvgIpc) is 2.41. The average molecular weight is 150 g/mol. The van der Waals surface area contributed by atoms with Gasteiger partial charge in [0, 0.05) is 6.21 Å². The molecule has 0 unspecified atom stereocenters. The lowest BCUT2D eigenvalue weighted by Gasteiger charge is -1.96. The molecule has 0 bridgehead atoms. The van der Waals surface area contributed by atoms with E-state index >= 15 is 0 Å². The summed E-state index contributed by atoms with van der Waals surface area (Å²) in [5.41, 5.74) is 5.49. The Morgan fingerprint density at radius 3 is 3.27 bits per heavy atom. The largest absolute Gasteiger partial charge is 0.364 e. The maximum Gasteiger partial charge on any atom is 0.267 e. The van der Waals surface area contributed by atoms with Crippen LogP contribution in [0.25, 0.3) is 0 Å². The van der Waals surface area contributed by atoms with Crippen LogP contribution in [-0.2, 0) is 6.54 Å². The Balaban J connectivity index is 2.55. The van der Waals surface area contributed by atoms with Gasteiger partial charge in [-0.3, -0.25) is 9.36 Å². The highest BCUT2D eigenvalue weighted by Gasteiger charge is 2.15. The van der Waals surface area contributed by atoms with Crippen LogP contribution in [0.5, 0.6) is 0 Å². The van der Waals surface area contributed by atoms with Gasteiger partial charge in [-0.2, -0.15) is 0 Å². The SMILES string of the molecule is NC(=O)c1cnc2n1CC=N2. The number of amides is 1. The van der Waals surface area contributed by atoms with Gasteiger partial charge in [0.2, 0.25) is 5.95 Å². The van der Waals surface area contributed by atoms with E-state index in [1.807, 2.05) is 0 Å². The fourth-order valence-electron chi connectivity index (χ4n) is 1.05. The fourth-order valence-corrected chi connectivity index (χ4v) is 1.05. The Morgan fingerprint density at radius 1 is 1.73 bits per heavy atom. The van der Waals surface area contributed by atoms with E-state index in [-0.39, 0.29) is 0 Å². The number of carbonyl (C=O) groups is 1. The second-order valence-corrected chi connectivity index (χ2v) is 2.23. The van der Waals surface area contributed by atoms with E-state index in [9.17, 15) is 4.79 Å². The van der Waals surface area contributed by atoms with Crippen molar-refractivity contribution in [2.24, 2.45) is 10.7 Å². The van der Waals surface area contributed by atoms with Crippen LogP contribution in [0.2, 0.25) is 0 Å². The highest BCUT2D eigenvalue weighted by atomic mass is 16.1. The second kappa shape index (κ2) is 1.91. The molecule has 1 amide bonds. The quantitative estimate of drug-likeness (QED) is 0.596. The van der Waals surface area contributed by atoms with Gasteiger partial charge in [0.1, 0.15) is 5.69 Å². The number of fused-ring (bicyclic) bond motifs is 1. The lowest BCUT2D eigenvalue weighted by molar-refractivity contribution is 0.0992. The Labute approximate surface area is 62.6 Å². The molecule has 5 heteroatoms. The number of aromatic nitrogens is 2. The van der Waals surface area contributed by atoms with Crippen LogP contribution in [-0.4, -0.2) is 21.7 Å². The van der Waals surface area contributed by atoms with Crippen LogP contribution in [0, 0.1) is 0 Å². The summed E-state index contributed by atoms with van der Waals surface area (Å²) in [6.45, 7) is 0.591. The predicted octanol–water partition coefficient (Wildman–Crippen LogP) is -0.302. The Kier molecular flexibility index (Phi) is 1.06. The molecule has 0 saturated carbocycles. The zero-order valence-electron chi connectivity index (χ0n) is 5.69. The lowest BCUT2D eigenvalue weighted by atomic mass is 10.4. The number of aliphatic imine (C=N–C) groups is 1. The molecule has 0 aromatic carbocycles. The molecule has 0 spiro atoms. The summed E-state index contributed by atoms with van der Waals surface area (Å²) >= 11 is 0. The van der Waals surface area contributed by atoms with Crippen LogP contribution in [0.3, 0.4) is 0 Å². The van der Waals surface area contributed by atoms with Crippen LogP contribution >= 0.6 is 0 Å². The van der Waals surface area contributed by atoms with E-state index in [1.54, 1.807) is 10.8 Å². The normalized spacial score (nSPS) is 13.5. The zero-order valence-corrected chi connectivity index (χ0v) is 5.69. The van der Waals surface area contributed by atoms with E-state index < -0.39 is 5.91 Å². The first-order chi connectivity index (χ1) is 5.29. The molecule has 0 fully saturated rings. The summed E-state index contributed by atoms with van der Waals surface area (Å²) in [5.74, 6) is 0.0908. The van der Waals surface area contributed by atoms with E-state index in [2.05, 4.69) is 9.98 Å². The van der Waals surface area contributed by atoms with Gasteiger partial charge >= 0.3 is 0 Å². The number of rotatable bonds is 1. The maximum atomic E-state index is 10.7. The molecule has 0 aliphatic carbocycles. The van der Waals surface area contributed by atoms with Crippen molar-refractivity contribution < 1.29 is 4.79 Å². The Morgan fingerprint density at radius 2 is 2.55 bits per heavy atom. The van der Waals surface area contributed by atoms with Crippen molar-refractivity contribution >= 4 is 18.1 Å². The van der Waals surface area contributed by atoms with Crippen molar-refractivity contribution in [3.8, 4) is 0 Å². The summed E-state index contributed by atoms with van der Waals surface area (Å²) in [6, 6.07) is 0. The minimum Gasteiger partial charge on any atom is -0.364 e. The second-order valence-electron chi connectivity index (χ2n) is 2.23. The van der Waals surface area contributed by atoms with Crippen molar-refractivity contribution in [2.75, 3.05) is 0 Å². The van der Waals surface area contributed by atoms with Crippen molar-refractivity contribution in [3.63, 3.8) is 0 Å². The van der Waals surface area contributed by atoms with Crippen molar-refractivity contribution in [3.05, 3.63) is 11.9 Å². The molecule has 2 N–H and O–H groups in total. The number of nitrogens with zero attached hydrogens (tertiary/aromatic N) is 3. The number of primary amides is 1. The van der Waals surface area contributed by atoms with Crippen LogP contribution in [0.4, 0.5) is 5.95 Å². The van der Waals surface area contributed by atoms with Gasteiger partial charge < -0.3 is 5.73 Å². The molecule has 5 nitrogen and oxygen atoms in total. The van der Waals surface area contributed by atoms with Crippen LogP contribution in [0.1, 0.15) is 10.5 Å². The minimum atomic E-state index is -0.464. The third kappa shape index (κ3) is 0.739. The topological polar surface area (TPSA) is 73.3 Å². The highest BCUT2D eigenvalue weighted by Crippen LogP contribution is 2.16. The number of hydrogen-bond donors (Lipinski definition) is 1. The molecule has 2 heterocycles. The Hall–Kier alpha value is -1.65. The molecular formula is C6H6N4O. The number of hydrogen-bond acceptors (Lipinski definition) is 3. The molecular weight excluding hydrogens is 144 g/mol. The molecule has 56 valence electrons. The Bertz CT molecular complexity index is 338. The summed E-state index contributed by atoms with van der Waals surface area (Å²) in [6.07, 6.45) is 3.13. The predicted molar refractivity (Wildman–Crippen MR) is 38.9 cm³/mol. The van der Waals surface area contributed by atoms with Gasteiger partial charge in [0.05, 0.1) is 12.7 Å².